The van der Waals surface area contributed by atoms with Crippen molar-refractivity contribution in [1.29, 1.82) is 0 Å². The van der Waals surface area contributed by atoms with Gasteiger partial charge in [0.05, 0.1) is 6.42 Å². The van der Waals surface area contributed by atoms with Gasteiger partial charge in [0, 0.05) is 0 Å². The molecule has 0 amide bonds. The first-order chi connectivity index (χ1) is 8.22. The molecule has 17 heavy (non-hydrogen) atoms. The van der Waals surface area contributed by atoms with Crippen molar-refractivity contribution in [3.05, 3.63) is 0 Å². The van der Waals surface area contributed by atoms with Gasteiger partial charge in [-0.1, -0.05) is 5.92 Å². The Morgan fingerprint density at radius 1 is 1.06 bits per heavy atom. The smallest absolute Gasteiger partial charge is 0.314 e. The Bertz CT molecular complexity index is 552. The second-order valence-electron chi connectivity index (χ2n) is 3.04. The van der Waals surface area contributed by atoms with E-state index in [4.69, 9.17) is 4.74 Å². The van der Waals surface area contributed by atoms with Crippen LogP contribution in [0.15, 0.2) is 0 Å². The number of ether oxygens (including phenoxy) is 1. The van der Waals surface area contributed by atoms with Gasteiger partial charge in [0.25, 0.3) is 0 Å². The van der Waals surface area contributed by atoms with Gasteiger partial charge >= 0.3 is 5.97 Å². The van der Waals surface area contributed by atoms with E-state index in [-0.39, 0.29) is 18.6 Å². The molecule has 3 heteroatoms. The van der Waals surface area contributed by atoms with Crippen molar-refractivity contribution < 1.29 is 14.3 Å². The highest BCUT2D eigenvalue weighted by Gasteiger charge is 2.24. The molecule has 3 nitrogen and oxygen atoms in total. The van der Waals surface area contributed by atoms with Gasteiger partial charge in [0.1, 0.15) is 12.2 Å². The van der Waals surface area contributed by atoms with Gasteiger partial charge in [-0.3, -0.25) is 9.59 Å². The SMILES string of the molecule is CC#CC#CC#CC#CC1CC(=O)CC(=O)O1. The second kappa shape index (κ2) is 6.79. The molecule has 0 radical (unpaired) electrons. The Hall–Kier alpha value is -2.62. The lowest BCUT2D eigenvalue weighted by molar-refractivity contribution is -0.154. The van der Waals surface area contributed by atoms with E-state index in [1.165, 1.54) is 0 Å². The largest absolute Gasteiger partial charge is 0.448 e. The predicted octanol–water partition coefficient (Wildman–Crippen LogP) is 0.295. The predicted molar refractivity (Wildman–Crippen MR) is 60.9 cm³/mol. The molecular weight excluding hydrogens is 216 g/mol. The van der Waals surface area contributed by atoms with Crippen LogP contribution in [0.1, 0.15) is 19.8 Å². The van der Waals surface area contributed by atoms with Crippen LogP contribution < -0.4 is 0 Å². The molecule has 1 atom stereocenters. The lowest BCUT2D eigenvalue weighted by Gasteiger charge is -2.15. The minimum Gasteiger partial charge on any atom is -0.448 e. The van der Waals surface area contributed by atoms with E-state index in [1.54, 1.807) is 6.92 Å². The maximum atomic E-state index is 11.0. The molecule has 1 rings (SSSR count). The molecule has 0 aromatic heterocycles. The molecule has 0 aliphatic carbocycles. The lowest BCUT2D eigenvalue weighted by atomic mass is 10.1. The standard InChI is InChI=1S/C14H8O3/c1-2-3-4-5-6-7-8-9-13-10-12(15)11-14(16)17-13/h13H,10-11H2,1H3. The Morgan fingerprint density at radius 3 is 2.35 bits per heavy atom. The second-order valence-corrected chi connectivity index (χ2v) is 3.04. The van der Waals surface area contributed by atoms with Gasteiger partial charge in [0.15, 0.2) is 6.10 Å². The number of cyclic esters (lactones) is 1. The van der Waals surface area contributed by atoms with E-state index in [0.29, 0.717) is 0 Å². The summed E-state index contributed by atoms with van der Waals surface area (Å²) in [6.07, 6.45) is -0.709. The molecule has 82 valence electrons. The summed E-state index contributed by atoms with van der Waals surface area (Å²) in [5.74, 6) is 19.4. The fraction of sp³-hybridized carbons (Fsp3) is 0.286. The molecule has 1 unspecified atom stereocenters. The molecule has 0 bridgehead atoms. The molecule has 1 saturated heterocycles. The Morgan fingerprint density at radius 2 is 1.71 bits per heavy atom. The van der Waals surface area contributed by atoms with Crippen LogP contribution in [0.25, 0.3) is 0 Å². The summed E-state index contributed by atoms with van der Waals surface area (Å²) in [6.45, 7) is 1.68. The molecule has 1 aliphatic heterocycles. The van der Waals surface area contributed by atoms with E-state index < -0.39 is 12.1 Å². The van der Waals surface area contributed by atoms with Crippen LogP contribution in [0.3, 0.4) is 0 Å². The van der Waals surface area contributed by atoms with Gasteiger partial charge < -0.3 is 4.74 Å². The minimum absolute atomic E-state index is 0.132. The first-order valence-electron chi connectivity index (χ1n) is 4.86. The molecule has 0 spiro atoms. The quantitative estimate of drug-likeness (QED) is 0.337. The fourth-order valence-electron chi connectivity index (χ4n) is 1.07. The van der Waals surface area contributed by atoms with Crippen molar-refractivity contribution >= 4 is 11.8 Å². The van der Waals surface area contributed by atoms with Gasteiger partial charge in [-0.2, -0.15) is 0 Å². The number of hydrogen-bond donors (Lipinski definition) is 0. The van der Waals surface area contributed by atoms with Crippen LogP contribution in [-0.4, -0.2) is 17.9 Å². The Labute approximate surface area is 99.9 Å². The maximum absolute atomic E-state index is 11.0. The van der Waals surface area contributed by atoms with Crippen molar-refractivity contribution in [3.8, 4) is 47.4 Å². The van der Waals surface area contributed by atoms with Gasteiger partial charge in [-0.05, 0) is 48.4 Å². The lowest BCUT2D eigenvalue weighted by Crippen LogP contribution is -2.28. The van der Waals surface area contributed by atoms with E-state index >= 15 is 0 Å². The number of hydrogen-bond acceptors (Lipinski definition) is 3. The van der Waals surface area contributed by atoms with E-state index in [2.05, 4.69) is 47.4 Å². The molecule has 0 aromatic rings. The summed E-state index contributed by atoms with van der Waals surface area (Å²) in [4.78, 5) is 22.0. The summed E-state index contributed by atoms with van der Waals surface area (Å²) in [6, 6.07) is 0. The zero-order valence-electron chi connectivity index (χ0n) is 9.22. The van der Waals surface area contributed by atoms with Crippen molar-refractivity contribution in [2.75, 3.05) is 0 Å². The average molecular weight is 224 g/mol. The highest BCUT2D eigenvalue weighted by atomic mass is 16.5. The third-order valence-corrected chi connectivity index (χ3v) is 1.70. The zero-order valence-corrected chi connectivity index (χ0v) is 9.22. The summed E-state index contributed by atoms with van der Waals surface area (Å²) >= 11 is 0. The van der Waals surface area contributed by atoms with Gasteiger partial charge in [-0.25, -0.2) is 0 Å². The molecular formula is C14H8O3. The first kappa shape index (κ1) is 12.4. The molecule has 0 saturated carbocycles. The number of esters is 1. The number of rotatable bonds is 0. The van der Waals surface area contributed by atoms with Crippen LogP contribution >= 0.6 is 0 Å². The summed E-state index contributed by atoms with van der Waals surface area (Å²) < 4.78 is 4.84. The Kier molecular flexibility index (Phi) is 4.97. The summed E-state index contributed by atoms with van der Waals surface area (Å²) in [7, 11) is 0. The van der Waals surface area contributed by atoms with Crippen molar-refractivity contribution in [3.63, 3.8) is 0 Å². The first-order valence-corrected chi connectivity index (χ1v) is 4.86. The average Bonchev–Trinajstić information content (AvgIpc) is 2.26. The number of Topliss-reactive ketones (excluding diaryl/α,β-unsaturated/α-hetero) is 1. The van der Waals surface area contributed by atoms with Crippen LogP contribution in [0.5, 0.6) is 0 Å². The third kappa shape index (κ3) is 5.13. The minimum atomic E-state index is -0.679. The number of carbonyl (C=O) groups excluding carboxylic acids is 2. The summed E-state index contributed by atoms with van der Waals surface area (Å²) in [5.41, 5.74) is 0. The van der Waals surface area contributed by atoms with E-state index in [1.807, 2.05) is 0 Å². The molecule has 0 N–H and O–H groups in total. The van der Waals surface area contributed by atoms with E-state index in [9.17, 15) is 9.59 Å². The highest BCUT2D eigenvalue weighted by Crippen LogP contribution is 2.09. The normalized spacial score (nSPS) is 16.6. The van der Waals surface area contributed by atoms with Crippen molar-refractivity contribution in [2.45, 2.75) is 25.9 Å². The van der Waals surface area contributed by atoms with Gasteiger partial charge in [0.2, 0.25) is 0 Å². The molecule has 1 fully saturated rings. The van der Waals surface area contributed by atoms with Crippen LogP contribution in [0.2, 0.25) is 0 Å². The van der Waals surface area contributed by atoms with Crippen LogP contribution in [0, 0.1) is 47.4 Å². The van der Waals surface area contributed by atoms with Crippen LogP contribution in [-0.2, 0) is 14.3 Å². The number of ketones is 1. The fourth-order valence-corrected chi connectivity index (χ4v) is 1.07. The van der Waals surface area contributed by atoms with Crippen molar-refractivity contribution in [1.82, 2.24) is 0 Å². The molecule has 1 heterocycles. The molecule has 0 aromatic carbocycles. The van der Waals surface area contributed by atoms with E-state index in [0.717, 1.165) is 0 Å². The highest BCUT2D eigenvalue weighted by molar-refractivity contribution is 5.98. The Balaban J connectivity index is 2.54. The zero-order chi connectivity index (χ0) is 12.5. The topological polar surface area (TPSA) is 43.4 Å². The molecule has 1 aliphatic rings. The number of carbonyl (C=O) groups is 2. The van der Waals surface area contributed by atoms with Crippen LogP contribution in [0.4, 0.5) is 0 Å². The van der Waals surface area contributed by atoms with Crippen molar-refractivity contribution in [2.24, 2.45) is 0 Å². The summed E-state index contributed by atoms with van der Waals surface area (Å²) in [5, 5.41) is 0. The van der Waals surface area contributed by atoms with Gasteiger partial charge in [-0.15, -0.1) is 0 Å². The monoisotopic (exact) mass is 224 g/mol. The third-order valence-electron chi connectivity index (χ3n) is 1.70. The maximum Gasteiger partial charge on any atom is 0.314 e.